The Morgan fingerprint density at radius 1 is 0.304 bits per heavy atom. The lowest BCUT2D eigenvalue weighted by molar-refractivity contribution is 0.670. The zero-order chi connectivity index (χ0) is 45.4. The van der Waals surface area contributed by atoms with Crippen LogP contribution in [0.2, 0.25) is 0 Å². The van der Waals surface area contributed by atoms with Crippen LogP contribution in [0.4, 0.5) is 17.1 Å². The van der Waals surface area contributed by atoms with Crippen LogP contribution in [0.25, 0.3) is 118 Å². The second-order valence-electron chi connectivity index (χ2n) is 17.9. The number of rotatable bonds is 5. The molecule has 14 rings (SSSR count). The number of benzene rings is 11. The first-order valence-electron chi connectivity index (χ1n) is 23.6. The third kappa shape index (κ3) is 6.32. The van der Waals surface area contributed by atoms with Crippen molar-refractivity contribution in [3.63, 3.8) is 0 Å². The van der Waals surface area contributed by atoms with E-state index in [1.807, 2.05) is 17.4 Å². The van der Waals surface area contributed by atoms with Crippen LogP contribution >= 0.6 is 11.3 Å². The molecule has 0 N–H and O–H groups in total. The van der Waals surface area contributed by atoms with Crippen LogP contribution < -0.4 is 4.90 Å². The monoisotopic (exact) mass is 895 g/mol. The maximum absolute atomic E-state index is 6.54. The molecular formula is C66H41NOS. The van der Waals surface area contributed by atoms with Gasteiger partial charge in [-0.25, -0.2) is 0 Å². The summed E-state index contributed by atoms with van der Waals surface area (Å²) in [6.45, 7) is 0. The minimum Gasteiger partial charge on any atom is -0.455 e. The Morgan fingerprint density at radius 3 is 1.54 bits per heavy atom. The summed E-state index contributed by atoms with van der Waals surface area (Å²) in [6, 6.07) is 91.0. The normalized spacial score (nSPS) is 11.8. The second-order valence-corrected chi connectivity index (χ2v) is 18.9. The SMILES string of the molecule is c1ccc(-c2ccccc2N(c2ccc(-c3cccc4c3oc3ccccc34)cc2)c2ccc3c4ccccc4c4ccccc4c4ccccc4c4c(ccc5c6ccccc6sc54)c3c2)cc1. The Kier molecular flexibility index (Phi) is 9.11. The van der Waals surface area contributed by atoms with Crippen LogP contribution in [0.15, 0.2) is 253 Å². The highest BCUT2D eigenvalue weighted by atomic mass is 32.1. The lowest BCUT2D eigenvalue weighted by Gasteiger charge is -2.28. The predicted molar refractivity (Wildman–Crippen MR) is 297 cm³/mol. The van der Waals surface area contributed by atoms with Gasteiger partial charge in [-0.3, -0.25) is 0 Å². The summed E-state index contributed by atoms with van der Waals surface area (Å²) in [5.41, 5.74) is 9.50. The van der Waals surface area contributed by atoms with E-state index >= 15 is 0 Å². The molecule has 69 heavy (non-hydrogen) atoms. The Hall–Kier alpha value is -8.76. The fourth-order valence-corrected chi connectivity index (χ4v) is 12.2. The van der Waals surface area contributed by atoms with Gasteiger partial charge in [-0.05, 0) is 102 Å². The Bertz CT molecular complexity index is 4430. The first-order chi connectivity index (χ1) is 34.2. The number of hydrogen-bond acceptors (Lipinski definition) is 3. The smallest absolute Gasteiger partial charge is 0.143 e. The van der Waals surface area contributed by atoms with Crippen molar-refractivity contribution in [1.29, 1.82) is 0 Å². The average molecular weight is 896 g/mol. The molecule has 3 heteroatoms. The van der Waals surface area contributed by atoms with Crippen molar-refractivity contribution in [3.8, 4) is 22.3 Å². The molecule has 0 spiro atoms. The lowest BCUT2D eigenvalue weighted by atomic mass is 9.93. The molecule has 0 atom stereocenters. The molecule has 2 nitrogen and oxygen atoms in total. The standard InChI is InChI=1S/C66H41NOS/c1-2-17-42(18-3-1)46-19-10-13-30-61(46)67(44-35-33-43(34-36-44)47-28-16-29-58-54-25-11-14-31-62(54)68-65(47)58)45-37-38-53-51-23-7-5-21-49(51)48-20-4-6-22-50(48)52-24-8-9-27-56(52)64-57(60(53)41-45)39-40-59-55-26-12-15-32-63(55)69-66(59)64/h1-41H. The molecule has 0 radical (unpaired) electrons. The maximum Gasteiger partial charge on any atom is 0.143 e. The molecule has 0 unspecified atom stereocenters. The van der Waals surface area contributed by atoms with E-state index in [0.29, 0.717) is 0 Å². The van der Waals surface area contributed by atoms with E-state index in [1.54, 1.807) is 0 Å². The Labute approximate surface area is 402 Å². The fourth-order valence-electron chi connectivity index (χ4n) is 11.0. The second kappa shape index (κ2) is 16.0. The van der Waals surface area contributed by atoms with E-state index < -0.39 is 0 Å². The van der Waals surface area contributed by atoms with Crippen LogP contribution in [0, 0.1) is 0 Å². The summed E-state index contributed by atoms with van der Waals surface area (Å²) < 4.78 is 9.12. The van der Waals surface area contributed by atoms with Crippen LogP contribution in [-0.4, -0.2) is 0 Å². The molecule has 0 saturated carbocycles. The molecular weight excluding hydrogens is 855 g/mol. The van der Waals surface area contributed by atoms with Crippen molar-refractivity contribution in [1.82, 2.24) is 0 Å². The molecule has 12 aromatic carbocycles. The molecule has 14 aromatic rings. The van der Waals surface area contributed by atoms with Crippen LogP contribution in [0.3, 0.4) is 0 Å². The minimum absolute atomic E-state index is 0.899. The largest absolute Gasteiger partial charge is 0.455 e. The highest BCUT2D eigenvalue weighted by Gasteiger charge is 2.21. The Balaban J connectivity index is 1.10. The number of para-hydroxylation sites is 3. The zero-order valence-electron chi connectivity index (χ0n) is 37.4. The summed E-state index contributed by atoms with van der Waals surface area (Å²) in [6.07, 6.45) is 0. The van der Waals surface area contributed by atoms with Gasteiger partial charge in [-0.15, -0.1) is 11.3 Å². The van der Waals surface area contributed by atoms with Crippen molar-refractivity contribution < 1.29 is 4.42 Å². The van der Waals surface area contributed by atoms with Crippen molar-refractivity contribution in [2.75, 3.05) is 4.90 Å². The third-order valence-electron chi connectivity index (χ3n) is 14.1. The fraction of sp³-hybridized carbons (Fsp3) is 0. The highest BCUT2D eigenvalue weighted by Crippen LogP contribution is 2.47. The molecule has 0 saturated heterocycles. The zero-order valence-corrected chi connectivity index (χ0v) is 38.3. The number of nitrogens with zero attached hydrogens (tertiary/aromatic N) is 1. The van der Waals surface area contributed by atoms with Gasteiger partial charge in [0.15, 0.2) is 0 Å². The van der Waals surface area contributed by atoms with Crippen molar-refractivity contribution in [3.05, 3.63) is 249 Å². The summed E-state index contributed by atoms with van der Waals surface area (Å²) >= 11 is 1.90. The summed E-state index contributed by atoms with van der Waals surface area (Å²) in [7, 11) is 0. The third-order valence-corrected chi connectivity index (χ3v) is 15.3. The maximum atomic E-state index is 6.54. The minimum atomic E-state index is 0.899. The van der Waals surface area contributed by atoms with Gasteiger partial charge in [-0.1, -0.05) is 206 Å². The molecule has 0 aliphatic carbocycles. The van der Waals surface area contributed by atoms with Gasteiger partial charge < -0.3 is 9.32 Å². The Morgan fingerprint density at radius 2 is 0.797 bits per heavy atom. The summed E-state index contributed by atoms with van der Waals surface area (Å²) in [4.78, 5) is 2.44. The molecule has 0 amide bonds. The highest BCUT2D eigenvalue weighted by molar-refractivity contribution is 7.26. The number of furan rings is 1. The molecule has 2 heterocycles. The van der Waals surface area contributed by atoms with Gasteiger partial charge in [0.05, 0.1) is 5.69 Å². The van der Waals surface area contributed by atoms with Gasteiger partial charge in [0.25, 0.3) is 0 Å². The topological polar surface area (TPSA) is 16.4 Å². The number of thiophene rings is 1. The van der Waals surface area contributed by atoms with Crippen molar-refractivity contribution in [2.45, 2.75) is 0 Å². The molecule has 0 aliphatic rings. The van der Waals surface area contributed by atoms with Gasteiger partial charge in [-0.2, -0.15) is 0 Å². The summed E-state index contributed by atoms with van der Waals surface area (Å²) in [5, 5.41) is 17.0. The summed E-state index contributed by atoms with van der Waals surface area (Å²) in [5.74, 6) is 0. The number of fused-ring (bicyclic) bond motifs is 17. The van der Waals surface area contributed by atoms with Crippen LogP contribution in [0.1, 0.15) is 0 Å². The van der Waals surface area contributed by atoms with E-state index in [0.717, 1.165) is 61.3 Å². The first kappa shape index (κ1) is 39.4. The van der Waals surface area contributed by atoms with E-state index in [1.165, 1.54) is 74.0 Å². The van der Waals surface area contributed by atoms with Crippen molar-refractivity contribution >= 4 is 124 Å². The van der Waals surface area contributed by atoms with Crippen LogP contribution in [0.5, 0.6) is 0 Å². The van der Waals surface area contributed by atoms with Crippen LogP contribution in [-0.2, 0) is 0 Å². The van der Waals surface area contributed by atoms with Gasteiger partial charge in [0.1, 0.15) is 11.2 Å². The quantitative estimate of drug-likeness (QED) is 0.171. The van der Waals surface area contributed by atoms with E-state index in [2.05, 4.69) is 248 Å². The average Bonchev–Trinajstić information content (AvgIpc) is 4.00. The van der Waals surface area contributed by atoms with Gasteiger partial charge in [0.2, 0.25) is 0 Å². The molecule has 0 fully saturated rings. The van der Waals surface area contributed by atoms with Gasteiger partial charge >= 0.3 is 0 Å². The van der Waals surface area contributed by atoms with Crippen molar-refractivity contribution in [2.24, 2.45) is 0 Å². The van der Waals surface area contributed by atoms with E-state index in [9.17, 15) is 0 Å². The molecule has 0 aliphatic heterocycles. The van der Waals surface area contributed by atoms with E-state index in [-0.39, 0.29) is 0 Å². The number of hydrogen-bond donors (Lipinski definition) is 0. The predicted octanol–water partition coefficient (Wildman–Crippen LogP) is 19.6. The lowest BCUT2D eigenvalue weighted by Crippen LogP contribution is -2.11. The molecule has 0 bridgehead atoms. The molecule has 322 valence electrons. The van der Waals surface area contributed by atoms with Gasteiger partial charge in [0, 0.05) is 58.8 Å². The first-order valence-corrected chi connectivity index (χ1v) is 24.4. The number of anilines is 3. The molecule has 2 aromatic heterocycles. The van der Waals surface area contributed by atoms with E-state index in [4.69, 9.17) is 4.42 Å².